The summed E-state index contributed by atoms with van der Waals surface area (Å²) >= 11 is 0. The minimum absolute atomic E-state index is 0.106. The van der Waals surface area contributed by atoms with Gasteiger partial charge in [0.25, 0.3) is 0 Å². The molecule has 0 amide bonds. The Labute approximate surface area is 108 Å². The fraction of sp³-hybridized carbons (Fsp3) is 0.500. The average Bonchev–Trinajstić information content (AvgIpc) is 2.31. The van der Waals surface area contributed by atoms with E-state index in [2.05, 4.69) is 5.43 Å². The predicted octanol–water partition coefficient (Wildman–Crippen LogP) is 1.02. The zero-order valence-electron chi connectivity index (χ0n) is 10.7. The first-order chi connectivity index (χ1) is 8.46. The summed E-state index contributed by atoms with van der Waals surface area (Å²) in [7, 11) is -2.97. The van der Waals surface area contributed by atoms with Gasteiger partial charge in [-0.15, -0.1) is 0 Å². The molecule has 1 unspecified atom stereocenters. The molecule has 102 valence electrons. The molecular weight excluding hydrogens is 252 g/mol. The molecular formula is C12H20N2O3S. The van der Waals surface area contributed by atoms with Crippen LogP contribution in [0.3, 0.4) is 0 Å². The van der Waals surface area contributed by atoms with Gasteiger partial charge in [0.1, 0.15) is 15.6 Å². The largest absolute Gasteiger partial charge is 0.494 e. The van der Waals surface area contributed by atoms with Gasteiger partial charge in [-0.3, -0.25) is 11.3 Å². The molecule has 1 aromatic rings. The van der Waals surface area contributed by atoms with Gasteiger partial charge in [-0.1, -0.05) is 12.1 Å². The van der Waals surface area contributed by atoms with Crippen molar-refractivity contribution in [3.8, 4) is 5.75 Å². The normalized spacial score (nSPS) is 13.3. The molecule has 0 aliphatic rings. The minimum Gasteiger partial charge on any atom is -0.494 e. The van der Waals surface area contributed by atoms with Crippen molar-refractivity contribution in [2.45, 2.75) is 19.4 Å². The maximum absolute atomic E-state index is 11.1. The van der Waals surface area contributed by atoms with Crippen LogP contribution in [0.4, 0.5) is 0 Å². The zero-order chi connectivity index (χ0) is 13.6. The Morgan fingerprint density at radius 1 is 1.33 bits per heavy atom. The molecule has 0 saturated heterocycles. The van der Waals surface area contributed by atoms with Gasteiger partial charge in [-0.05, 0) is 31.0 Å². The number of hydrazine groups is 1. The highest BCUT2D eigenvalue weighted by Gasteiger charge is 2.13. The van der Waals surface area contributed by atoms with E-state index in [1.807, 2.05) is 31.2 Å². The first kappa shape index (κ1) is 14.9. The summed E-state index contributed by atoms with van der Waals surface area (Å²) in [6.45, 7) is 2.54. The summed E-state index contributed by atoms with van der Waals surface area (Å²) in [5.74, 6) is 6.35. The zero-order valence-corrected chi connectivity index (χ0v) is 11.5. The Morgan fingerprint density at radius 2 is 1.94 bits per heavy atom. The average molecular weight is 272 g/mol. The van der Waals surface area contributed by atoms with E-state index in [1.165, 1.54) is 6.26 Å². The number of ether oxygens (including phenoxy) is 1. The van der Waals surface area contributed by atoms with Crippen molar-refractivity contribution in [1.29, 1.82) is 0 Å². The van der Waals surface area contributed by atoms with E-state index in [1.54, 1.807) is 0 Å². The van der Waals surface area contributed by atoms with Gasteiger partial charge in [-0.2, -0.15) is 0 Å². The third-order valence-electron chi connectivity index (χ3n) is 2.57. The molecule has 0 bridgehead atoms. The van der Waals surface area contributed by atoms with Gasteiger partial charge in [0.05, 0.1) is 12.4 Å². The van der Waals surface area contributed by atoms with Crippen molar-refractivity contribution in [1.82, 2.24) is 5.43 Å². The first-order valence-corrected chi connectivity index (χ1v) is 7.89. The Morgan fingerprint density at radius 3 is 2.39 bits per heavy atom. The third-order valence-corrected chi connectivity index (χ3v) is 3.55. The van der Waals surface area contributed by atoms with Crippen molar-refractivity contribution in [3.05, 3.63) is 29.8 Å². The Kier molecular flexibility index (Phi) is 5.58. The van der Waals surface area contributed by atoms with Crippen molar-refractivity contribution in [2.75, 3.05) is 18.6 Å². The van der Waals surface area contributed by atoms with Crippen LogP contribution in [0, 0.1) is 0 Å². The molecule has 18 heavy (non-hydrogen) atoms. The molecule has 0 heterocycles. The summed E-state index contributed by atoms with van der Waals surface area (Å²) in [6, 6.07) is 7.30. The number of nitrogens with one attached hydrogen (secondary N) is 1. The first-order valence-electron chi connectivity index (χ1n) is 5.83. The number of rotatable bonds is 7. The molecule has 0 radical (unpaired) electrons. The second-order valence-electron chi connectivity index (χ2n) is 4.14. The number of hydrogen-bond acceptors (Lipinski definition) is 5. The molecule has 0 spiro atoms. The second kappa shape index (κ2) is 6.72. The van der Waals surface area contributed by atoms with Gasteiger partial charge in [0.2, 0.25) is 0 Å². The standard InChI is InChI=1S/C12H20N2O3S/c1-3-17-11-6-4-10(5-7-11)12(14-13)8-9-18(2,15)16/h4-7,12,14H,3,8-9,13H2,1-2H3. The van der Waals surface area contributed by atoms with Crippen LogP contribution in [0.25, 0.3) is 0 Å². The number of hydrogen-bond donors (Lipinski definition) is 2. The van der Waals surface area contributed by atoms with Crippen molar-refractivity contribution < 1.29 is 13.2 Å². The van der Waals surface area contributed by atoms with Crippen LogP contribution >= 0.6 is 0 Å². The summed E-state index contributed by atoms with van der Waals surface area (Å²) < 4.78 is 27.6. The molecule has 6 heteroatoms. The SMILES string of the molecule is CCOc1ccc(C(CCS(C)(=O)=O)NN)cc1. The van der Waals surface area contributed by atoms with Gasteiger partial charge >= 0.3 is 0 Å². The monoisotopic (exact) mass is 272 g/mol. The lowest BCUT2D eigenvalue weighted by molar-refractivity contribution is 0.340. The van der Waals surface area contributed by atoms with Crippen LogP contribution in [0.2, 0.25) is 0 Å². The lowest BCUT2D eigenvalue weighted by atomic mass is 10.1. The van der Waals surface area contributed by atoms with Crippen molar-refractivity contribution in [3.63, 3.8) is 0 Å². The summed E-state index contributed by atoms with van der Waals surface area (Å²) in [5, 5.41) is 0. The second-order valence-corrected chi connectivity index (χ2v) is 6.40. The van der Waals surface area contributed by atoms with Gasteiger partial charge < -0.3 is 4.74 Å². The molecule has 5 nitrogen and oxygen atoms in total. The van der Waals surface area contributed by atoms with Crippen LogP contribution in [0.15, 0.2) is 24.3 Å². The highest BCUT2D eigenvalue weighted by Crippen LogP contribution is 2.20. The predicted molar refractivity (Wildman–Crippen MR) is 72.0 cm³/mol. The lowest BCUT2D eigenvalue weighted by Crippen LogP contribution is -2.29. The van der Waals surface area contributed by atoms with E-state index in [0.29, 0.717) is 13.0 Å². The van der Waals surface area contributed by atoms with E-state index in [-0.39, 0.29) is 11.8 Å². The van der Waals surface area contributed by atoms with E-state index in [9.17, 15) is 8.42 Å². The number of nitrogens with two attached hydrogens (primary N) is 1. The van der Waals surface area contributed by atoms with Crippen molar-refractivity contribution in [2.24, 2.45) is 5.84 Å². The molecule has 3 N–H and O–H groups in total. The quantitative estimate of drug-likeness (QED) is 0.572. The topological polar surface area (TPSA) is 81.4 Å². The van der Waals surface area contributed by atoms with Crippen LogP contribution in [-0.2, 0) is 9.84 Å². The number of sulfone groups is 1. The smallest absolute Gasteiger partial charge is 0.147 e. The summed E-state index contributed by atoms with van der Waals surface area (Å²) in [6.07, 6.45) is 1.67. The van der Waals surface area contributed by atoms with Gasteiger partial charge in [0, 0.05) is 12.3 Å². The van der Waals surface area contributed by atoms with Crippen LogP contribution < -0.4 is 16.0 Å². The molecule has 1 rings (SSSR count). The fourth-order valence-corrected chi connectivity index (χ4v) is 2.31. The minimum atomic E-state index is -2.97. The molecule has 0 aromatic heterocycles. The van der Waals surface area contributed by atoms with Gasteiger partial charge in [-0.25, -0.2) is 8.42 Å². The van der Waals surface area contributed by atoms with E-state index in [4.69, 9.17) is 10.6 Å². The molecule has 1 atom stereocenters. The highest BCUT2D eigenvalue weighted by atomic mass is 32.2. The lowest BCUT2D eigenvalue weighted by Gasteiger charge is -2.16. The van der Waals surface area contributed by atoms with Crippen LogP contribution in [0.5, 0.6) is 5.75 Å². The Hall–Kier alpha value is -1.11. The molecule has 0 aliphatic carbocycles. The molecule has 0 fully saturated rings. The maximum atomic E-state index is 11.1. The van der Waals surface area contributed by atoms with Crippen LogP contribution in [-0.4, -0.2) is 27.0 Å². The van der Waals surface area contributed by atoms with Gasteiger partial charge in [0.15, 0.2) is 0 Å². The molecule has 0 aliphatic heterocycles. The maximum Gasteiger partial charge on any atom is 0.147 e. The fourth-order valence-electron chi connectivity index (χ4n) is 1.64. The summed E-state index contributed by atoms with van der Waals surface area (Å²) in [5.41, 5.74) is 3.59. The third kappa shape index (κ3) is 5.03. The number of benzene rings is 1. The van der Waals surface area contributed by atoms with E-state index in [0.717, 1.165) is 11.3 Å². The highest BCUT2D eigenvalue weighted by molar-refractivity contribution is 7.90. The van der Waals surface area contributed by atoms with E-state index >= 15 is 0 Å². The molecule has 1 aromatic carbocycles. The Balaban J connectivity index is 2.70. The Bertz CT molecular complexity index is 457. The molecule has 0 saturated carbocycles. The summed E-state index contributed by atoms with van der Waals surface area (Å²) in [4.78, 5) is 0. The van der Waals surface area contributed by atoms with Crippen molar-refractivity contribution >= 4 is 9.84 Å². The van der Waals surface area contributed by atoms with E-state index < -0.39 is 9.84 Å². The van der Waals surface area contributed by atoms with Crippen LogP contribution in [0.1, 0.15) is 24.9 Å².